The summed E-state index contributed by atoms with van der Waals surface area (Å²) in [4.78, 5) is 17.6. The number of aliphatic imine (C=N–C) groups is 1. The molecule has 0 spiro atoms. The molecule has 0 saturated carbocycles. The van der Waals surface area contributed by atoms with Crippen LogP contribution in [0.1, 0.15) is 22.3 Å². The van der Waals surface area contributed by atoms with Crippen molar-refractivity contribution in [2.75, 3.05) is 7.11 Å². The molecular formula is C30H29ClNO2P. The molecule has 0 amide bonds. The minimum atomic E-state index is -0.658. The molecule has 0 saturated heterocycles. The van der Waals surface area contributed by atoms with Crippen LogP contribution in [0.2, 0.25) is 0 Å². The van der Waals surface area contributed by atoms with Crippen LogP contribution in [-0.4, -0.2) is 24.8 Å². The van der Waals surface area contributed by atoms with Gasteiger partial charge in [-0.1, -0.05) is 109 Å². The van der Waals surface area contributed by atoms with Crippen LogP contribution in [0.5, 0.6) is 0 Å². The predicted molar refractivity (Wildman–Crippen MR) is 151 cm³/mol. The van der Waals surface area contributed by atoms with E-state index in [1.54, 1.807) is 0 Å². The highest BCUT2D eigenvalue weighted by molar-refractivity contribution is 6.92. The first kappa shape index (κ1) is 26.3. The first-order valence-electron chi connectivity index (χ1n) is 11.2. The van der Waals surface area contributed by atoms with Gasteiger partial charge in [-0.25, -0.2) is 4.79 Å². The molecule has 0 heterocycles. The van der Waals surface area contributed by atoms with Gasteiger partial charge in [-0.15, -0.1) is 11.6 Å². The number of esters is 1. The third-order valence-electron chi connectivity index (χ3n) is 5.68. The van der Waals surface area contributed by atoms with Crippen molar-refractivity contribution in [3.63, 3.8) is 0 Å². The van der Waals surface area contributed by atoms with Gasteiger partial charge in [0.2, 0.25) is 0 Å². The van der Waals surface area contributed by atoms with E-state index in [1.807, 2.05) is 84.9 Å². The predicted octanol–water partition coefficient (Wildman–Crippen LogP) is 6.77. The highest BCUT2D eigenvalue weighted by Gasteiger charge is 2.21. The number of ether oxygens (including phenoxy) is 1. The third kappa shape index (κ3) is 6.88. The van der Waals surface area contributed by atoms with E-state index in [9.17, 15) is 4.79 Å². The van der Waals surface area contributed by atoms with E-state index < -0.39 is 6.04 Å². The number of nitrogens with zero attached hydrogens (tertiary/aromatic N) is 1. The first-order valence-corrected chi connectivity index (χ1v) is 11.7. The average Bonchev–Trinajstić information content (AvgIpc) is 2.92. The molecule has 0 radical (unpaired) electrons. The van der Waals surface area contributed by atoms with E-state index in [0.29, 0.717) is 12.3 Å². The minimum Gasteiger partial charge on any atom is -0.467 e. The maximum Gasteiger partial charge on any atom is 0.330 e. The Morgan fingerprint density at radius 3 is 1.63 bits per heavy atom. The molecule has 35 heavy (non-hydrogen) atoms. The van der Waals surface area contributed by atoms with Crippen LogP contribution in [0.25, 0.3) is 11.1 Å². The monoisotopic (exact) mass is 501 g/mol. The highest BCUT2D eigenvalue weighted by atomic mass is 35.5. The second kappa shape index (κ2) is 13.0. The summed E-state index contributed by atoms with van der Waals surface area (Å²) < 4.78 is 5.12. The highest BCUT2D eigenvalue weighted by Crippen LogP contribution is 2.22. The maximum absolute atomic E-state index is 12.7. The van der Waals surface area contributed by atoms with E-state index in [0.717, 1.165) is 39.1 Å². The Balaban J connectivity index is 0.00000342. The van der Waals surface area contributed by atoms with Crippen LogP contribution in [0.15, 0.2) is 114 Å². The van der Waals surface area contributed by atoms with E-state index >= 15 is 0 Å². The zero-order valence-electron chi connectivity index (χ0n) is 19.7. The quantitative estimate of drug-likeness (QED) is 0.116. The van der Waals surface area contributed by atoms with Gasteiger partial charge >= 0.3 is 5.97 Å². The van der Waals surface area contributed by atoms with Gasteiger partial charge in [-0.05, 0) is 22.3 Å². The van der Waals surface area contributed by atoms with Gasteiger partial charge in [0.1, 0.15) is 0 Å². The van der Waals surface area contributed by atoms with Crippen molar-refractivity contribution in [1.29, 1.82) is 0 Å². The summed E-state index contributed by atoms with van der Waals surface area (Å²) in [5.41, 5.74) is 7.02. The summed E-state index contributed by atoms with van der Waals surface area (Å²) in [5.74, 6) is 0.146. The number of carbonyl (C=O) groups is 1. The first-order chi connectivity index (χ1) is 16.7. The lowest BCUT2D eigenvalue weighted by Crippen LogP contribution is -2.25. The molecule has 4 aromatic rings. The van der Waals surface area contributed by atoms with Crippen LogP contribution >= 0.6 is 21.5 Å². The summed E-state index contributed by atoms with van der Waals surface area (Å²) in [6, 6.07) is 35.6. The van der Waals surface area contributed by atoms with Crippen LogP contribution in [0, 0.1) is 0 Å². The van der Waals surface area contributed by atoms with Gasteiger partial charge in [0.25, 0.3) is 0 Å². The van der Waals surface area contributed by atoms with E-state index in [4.69, 9.17) is 21.3 Å². The molecule has 0 bridgehead atoms. The fourth-order valence-electron chi connectivity index (χ4n) is 3.82. The molecule has 5 heteroatoms. The number of hydrogen-bond acceptors (Lipinski definition) is 3. The Hall–Kier alpha value is -3.26. The Labute approximate surface area is 215 Å². The Kier molecular flexibility index (Phi) is 9.78. The number of benzene rings is 4. The summed E-state index contributed by atoms with van der Waals surface area (Å²) in [6.07, 6.45) is 0.446. The lowest BCUT2D eigenvalue weighted by atomic mass is 9.99. The molecule has 1 unspecified atom stereocenters. The molecule has 0 fully saturated rings. The van der Waals surface area contributed by atoms with Crippen LogP contribution in [0.4, 0.5) is 0 Å². The minimum absolute atomic E-state index is 0. The standard InChI is InChI=1S/C30H26ClNO2.H3P/c1-34-30(33)28(32-29(26-8-4-2-5-9-26)27-10-6-3-7-11-27)20-22-12-16-24(17-13-22)25-18-14-23(21-31)15-19-25;/h2-19,28H,20-21H2,1H3;1H3/t28-;/m0./s1. The number of rotatable bonds is 8. The number of hydrogen-bond donors (Lipinski definition) is 0. The lowest BCUT2D eigenvalue weighted by Gasteiger charge is -2.15. The third-order valence-corrected chi connectivity index (χ3v) is 5.99. The maximum atomic E-state index is 12.7. The lowest BCUT2D eigenvalue weighted by molar-refractivity contribution is -0.142. The SMILES string of the molecule is COC(=O)[C@H](Cc1ccc(-c2ccc(CCl)cc2)cc1)N=C(c1ccccc1)c1ccccc1.P. The second-order valence-electron chi connectivity index (χ2n) is 7.98. The van der Waals surface area contributed by atoms with E-state index in [2.05, 4.69) is 24.3 Å². The molecule has 0 aromatic heterocycles. The topological polar surface area (TPSA) is 38.7 Å². The zero-order valence-corrected chi connectivity index (χ0v) is 21.9. The van der Waals surface area contributed by atoms with Gasteiger partial charge in [0.05, 0.1) is 12.8 Å². The zero-order chi connectivity index (χ0) is 23.8. The fraction of sp³-hybridized carbons (Fsp3) is 0.133. The fourth-order valence-corrected chi connectivity index (χ4v) is 4.00. The van der Waals surface area contributed by atoms with Crippen LogP contribution in [-0.2, 0) is 21.8 Å². The molecule has 0 aliphatic carbocycles. The van der Waals surface area contributed by atoms with Crippen molar-refractivity contribution in [2.45, 2.75) is 18.3 Å². The average molecular weight is 502 g/mol. The van der Waals surface area contributed by atoms with Gasteiger partial charge in [0.15, 0.2) is 6.04 Å². The molecule has 0 aliphatic heterocycles. The largest absolute Gasteiger partial charge is 0.467 e. The normalized spacial score (nSPS) is 11.1. The Bertz CT molecular complexity index is 1200. The number of alkyl halides is 1. The molecule has 4 aromatic carbocycles. The van der Waals surface area contributed by atoms with Crippen molar-refractivity contribution in [3.05, 3.63) is 131 Å². The number of carbonyl (C=O) groups excluding carboxylic acids is 1. The van der Waals surface area contributed by atoms with Gasteiger partial charge < -0.3 is 4.74 Å². The molecule has 178 valence electrons. The number of methoxy groups -OCH3 is 1. The summed E-state index contributed by atoms with van der Waals surface area (Å²) >= 11 is 5.90. The molecule has 3 nitrogen and oxygen atoms in total. The van der Waals surface area contributed by atoms with Crippen molar-refractivity contribution >= 4 is 33.2 Å². The van der Waals surface area contributed by atoms with Crippen molar-refractivity contribution in [2.24, 2.45) is 4.99 Å². The summed E-state index contributed by atoms with van der Waals surface area (Å²) in [6.45, 7) is 0. The summed E-state index contributed by atoms with van der Waals surface area (Å²) in [7, 11) is 1.41. The van der Waals surface area contributed by atoms with E-state index in [-0.39, 0.29) is 15.9 Å². The van der Waals surface area contributed by atoms with Crippen molar-refractivity contribution in [3.8, 4) is 11.1 Å². The Morgan fingerprint density at radius 2 is 1.20 bits per heavy atom. The van der Waals surface area contributed by atoms with Crippen molar-refractivity contribution in [1.82, 2.24) is 0 Å². The second-order valence-corrected chi connectivity index (χ2v) is 8.25. The smallest absolute Gasteiger partial charge is 0.330 e. The Morgan fingerprint density at radius 1 is 0.743 bits per heavy atom. The molecule has 4 rings (SSSR count). The van der Waals surface area contributed by atoms with Crippen LogP contribution in [0.3, 0.4) is 0 Å². The van der Waals surface area contributed by atoms with Crippen LogP contribution < -0.4 is 0 Å². The van der Waals surface area contributed by atoms with Gasteiger partial charge in [-0.2, -0.15) is 9.90 Å². The van der Waals surface area contributed by atoms with E-state index in [1.165, 1.54) is 7.11 Å². The van der Waals surface area contributed by atoms with Crippen molar-refractivity contribution < 1.29 is 9.53 Å². The van der Waals surface area contributed by atoms with Gasteiger partial charge in [-0.3, -0.25) is 4.99 Å². The molecule has 0 aliphatic rings. The molecule has 2 atom stereocenters. The number of halogens is 1. The summed E-state index contributed by atoms with van der Waals surface area (Å²) in [5, 5.41) is 0. The van der Waals surface area contributed by atoms with Gasteiger partial charge in [0, 0.05) is 23.4 Å². The molecule has 0 N–H and O–H groups in total. The molecular weight excluding hydrogens is 473 g/mol.